The van der Waals surface area contributed by atoms with Crippen LogP contribution in [-0.2, 0) is 4.74 Å². The number of ether oxygens (including phenoxy) is 1. The van der Waals surface area contributed by atoms with Gasteiger partial charge in [-0.3, -0.25) is 4.90 Å². The van der Waals surface area contributed by atoms with Crippen molar-refractivity contribution in [3.05, 3.63) is 0 Å². The average molecular weight is 244 g/mol. The van der Waals surface area contributed by atoms with Crippen molar-refractivity contribution in [1.82, 2.24) is 4.90 Å². The molecule has 0 aromatic heterocycles. The Kier molecular flexibility index (Phi) is 7.04. The molecule has 3 N–H and O–H groups in total. The van der Waals surface area contributed by atoms with Crippen LogP contribution in [-0.4, -0.2) is 55.5 Å². The maximum Gasteiger partial charge on any atom is 0.0698 e. The SMILES string of the molecule is CN(CCOCCO)C1(CN)CCCCCC1. The van der Waals surface area contributed by atoms with Gasteiger partial charge in [-0.2, -0.15) is 0 Å². The van der Waals surface area contributed by atoms with Crippen LogP contribution in [0.4, 0.5) is 0 Å². The minimum absolute atomic E-state index is 0.103. The summed E-state index contributed by atoms with van der Waals surface area (Å²) >= 11 is 0. The van der Waals surface area contributed by atoms with Crippen molar-refractivity contribution in [2.45, 2.75) is 44.1 Å². The molecule has 0 amide bonds. The molecule has 1 aliphatic rings. The van der Waals surface area contributed by atoms with E-state index in [1.807, 2.05) is 0 Å². The molecule has 1 saturated carbocycles. The van der Waals surface area contributed by atoms with Crippen LogP contribution in [0.15, 0.2) is 0 Å². The van der Waals surface area contributed by atoms with Crippen molar-refractivity contribution in [1.29, 1.82) is 0 Å². The van der Waals surface area contributed by atoms with Gasteiger partial charge in [0.05, 0.1) is 19.8 Å². The van der Waals surface area contributed by atoms with E-state index in [9.17, 15) is 0 Å². The molecule has 0 atom stereocenters. The molecule has 4 nitrogen and oxygen atoms in total. The Balaban J connectivity index is 2.40. The number of hydrogen-bond acceptors (Lipinski definition) is 4. The van der Waals surface area contributed by atoms with Gasteiger partial charge in [0.25, 0.3) is 0 Å². The largest absolute Gasteiger partial charge is 0.394 e. The third-order valence-electron chi connectivity index (χ3n) is 4.03. The topological polar surface area (TPSA) is 58.7 Å². The van der Waals surface area contributed by atoms with Gasteiger partial charge in [-0.15, -0.1) is 0 Å². The highest BCUT2D eigenvalue weighted by atomic mass is 16.5. The number of nitrogens with zero attached hydrogens (tertiary/aromatic N) is 1. The van der Waals surface area contributed by atoms with Crippen LogP contribution >= 0.6 is 0 Å². The molecule has 0 aliphatic heterocycles. The summed E-state index contributed by atoms with van der Waals surface area (Å²) in [7, 11) is 2.15. The molecule has 0 aromatic rings. The molecule has 0 bridgehead atoms. The van der Waals surface area contributed by atoms with E-state index in [0.29, 0.717) is 13.2 Å². The number of likely N-dealkylation sites (N-methyl/N-ethyl adjacent to an activating group) is 1. The van der Waals surface area contributed by atoms with Gasteiger partial charge < -0.3 is 15.6 Å². The van der Waals surface area contributed by atoms with Gasteiger partial charge in [0.15, 0.2) is 0 Å². The van der Waals surface area contributed by atoms with E-state index in [1.165, 1.54) is 38.5 Å². The normalized spacial score (nSPS) is 20.5. The molecular formula is C13H28N2O2. The van der Waals surface area contributed by atoms with Crippen LogP contribution in [0.3, 0.4) is 0 Å². The Morgan fingerprint density at radius 3 is 2.35 bits per heavy atom. The highest BCUT2D eigenvalue weighted by Crippen LogP contribution is 2.30. The van der Waals surface area contributed by atoms with Gasteiger partial charge in [-0.1, -0.05) is 25.7 Å². The number of aliphatic hydroxyl groups is 1. The lowest BCUT2D eigenvalue weighted by atomic mass is 9.88. The van der Waals surface area contributed by atoms with Crippen LogP contribution in [0.25, 0.3) is 0 Å². The van der Waals surface area contributed by atoms with Crippen molar-refractivity contribution in [2.75, 3.05) is 40.0 Å². The summed E-state index contributed by atoms with van der Waals surface area (Å²) in [5.74, 6) is 0. The second-order valence-corrected chi connectivity index (χ2v) is 5.10. The molecule has 0 unspecified atom stereocenters. The lowest BCUT2D eigenvalue weighted by molar-refractivity contribution is 0.0414. The Bertz CT molecular complexity index is 192. The summed E-state index contributed by atoms with van der Waals surface area (Å²) in [4.78, 5) is 2.37. The maximum atomic E-state index is 8.66. The Morgan fingerprint density at radius 1 is 1.18 bits per heavy atom. The second kappa shape index (κ2) is 8.03. The third kappa shape index (κ3) is 4.54. The molecule has 17 heavy (non-hydrogen) atoms. The summed E-state index contributed by atoms with van der Waals surface area (Å²) in [6, 6.07) is 0. The van der Waals surface area contributed by atoms with E-state index in [2.05, 4.69) is 11.9 Å². The standard InChI is InChI=1S/C13H28N2O2/c1-15(8-10-17-11-9-16)13(12-14)6-4-2-3-5-7-13/h16H,2-12,14H2,1H3. The minimum atomic E-state index is 0.103. The molecule has 1 rings (SSSR count). The third-order valence-corrected chi connectivity index (χ3v) is 4.03. The van der Waals surface area contributed by atoms with E-state index in [-0.39, 0.29) is 12.1 Å². The summed E-state index contributed by atoms with van der Waals surface area (Å²) in [5, 5.41) is 8.66. The molecular weight excluding hydrogens is 216 g/mol. The molecule has 1 fully saturated rings. The predicted molar refractivity (Wildman–Crippen MR) is 70.0 cm³/mol. The first kappa shape index (κ1) is 14.9. The predicted octanol–water partition coefficient (Wildman–Crippen LogP) is 0.979. The number of aliphatic hydroxyl groups excluding tert-OH is 1. The number of nitrogens with two attached hydrogens (primary N) is 1. The maximum absolute atomic E-state index is 8.66. The number of hydrogen-bond donors (Lipinski definition) is 2. The molecule has 102 valence electrons. The Labute approximate surface area is 105 Å². The first-order valence-corrected chi connectivity index (χ1v) is 6.85. The molecule has 0 aromatic carbocycles. The molecule has 0 saturated heterocycles. The van der Waals surface area contributed by atoms with Crippen molar-refractivity contribution >= 4 is 0 Å². The Morgan fingerprint density at radius 2 is 1.82 bits per heavy atom. The molecule has 0 heterocycles. The smallest absolute Gasteiger partial charge is 0.0698 e. The molecule has 0 radical (unpaired) electrons. The lowest BCUT2D eigenvalue weighted by Gasteiger charge is -2.41. The number of rotatable bonds is 7. The lowest BCUT2D eigenvalue weighted by Crippen LogP contribution is -2.52. The quantitative estimate of drug-likeness (QED) is 0.518. The van der Waals surface area contributed by atoms with Crippen molar-refractivity contribution in [2.24, 2.45) is 5.73 Å². The summed E-state index contributed by atoms with van der Waals surface area (Å²) in [6.45, 7) is 2.86. The Hall–Kier alpha value is -0.160. The van der Waals surface area contributed by atoms with E-state index in [0.717, 1.165) is 13.1 Å². The first-order chi connectivity index (χ1) is 8.25. The van der Waals surface area contributed by atoms with Crippen LogP contribution in [0, 0.1) is 0 Å². The summed E-state index contributed by atoms with van der Waals surface area (Å²) in [5.41, 5.74) is 6.20. The minimum Gasteiger partial charge on any atom is -0.394 e. The molecule has 1 aliphatic carbocycles. The van der Waals surface area contributed by atoms with Crippen LogP contribution < -0.4 is 5.73 Å². The van der Waals surface area contributed by atoms with Crippen molar-refractivity contribution < 1.29 is 9.84 Å². The van der Waals surface area contributed by atoms with E-state index < -0.39 is 0 Å². The zero-order chi connectivity index (χ0) is 12.6. The van der Waals surface area contributed by atoms with Crippen molar-refractivity contribution in [3.63, 3.8) is 0 Å². The molecule has 0 spiro atoms. The van der Waals surface area contributed by atoms with Gasteiger partial charge >= 0.3 is 0 Å². The van der Waals surface area contributed by atoms with Crippen LogP contribution in [0.5, 0.6) is 0 Å². The monoisotopic (exact) mass is 244 g/mol. The highest BCUT2D eigenvalue weighted by molar-refractivity contribution is 4.91. The second-order valence-electron chi connectivity index (χ2n) is 5.10. The fourth-order valence-electron chi connectivity index (χ4n) is 2.73. The fourth-order valence-corrected chi connectivity index (χ4v) is 2.73. The van der Waals surface area contributed by atoms with E-state index in [1.54, 1.807) is 0 Å². The van der Waals surface area contributed by atoms with Gasteiger partial charge in [-0.25, -0.2) is 0 Å². The first-order valence-electron chi connectivity index (χ1n) is 6.85. The summed E-state index contributed by atoms with van der Waals surface area (Å²) in [6.07, 6.45) is 7.69. The van der Waals surface area contributed by atoms with Gasteiger partial charge in [0.2, 0.25) is 0 Å². The highest BCUT2D eigenvalue weighted by Gasteiger charge is 2.33. The van der Waals surface area contributed by atoms with Gasteiger partial charge in [0, 0.05) is 18.6 Å². The zero-order valence-corrected chi connectivity index (χ0v) is 11.2. The van der Waals surface area contributed by atoms with E-state index >= 15 is 0 Å². The van der Waals surface area contributed by atoms with Crippen LogP contribution in [0.1, 0.15) is 38.5 Å². The van der Waals surface area contributed by atoms with Gasteiger partial charge in [0.1, 0.15) is 0 Å². The summed E-state index contributed by atoms with van der Waals surface area (Å²) < 4.78 is 5.33. The average Bonchev–Trinajstić information content (AvgIpc) is 2.60. The van der Waals surface area contributed by atoms with Crippen LogP contribution in [0.2, 0.25) is 0 Å². The molecule has 4 heteroatoms. The zero-order valence-electron chi connectivity index (χ0n) is 11.2. The van der Waals surface area contributed by atoms with E-state index in [4.69, 9.17) is 15.6 Å². The van der Waals surface area contributed by atoms with Crippen molar-refractivity contribution in [3.8, 4) is 0 Å². The van der Waals surface area contributed by atoms with Gasteiger partial charge in [-0.05, 0) is 19.9 Å². The fraction of sp³-hybridized carbons (Fsp3) is 1.00.